The Kier molecular flexibility index (Phi) is 3.64. The van der Waals surface area contributed by atoms with E-state index in [0.29, 0.717) is 29.0 Å². The smallest absolute Gasteiger partial charge is 0.133 e. The fourth-order valence-electron chi connectivity index (χ4n) is 7.37. The molecule has 4 aliphatic carbocycles. The van der Waals surface area contributed by atoms with Gasteiger partial charge in [-0.05, 0) is 93.8 Å². The van der Waals surface area contributed by atoms with Gasteiger partial charge in [-0.2, -0.15) is 0 Å². The molecule has 3 saturated carbocycles. The van der Waals surface area contributed by atoms with E-state index in [1.54, 1.807) is 12.5 Å². The second-order valence-corrected chi connectivity index (χ2v) is 10.2. The Morgan fingerprint density at radius 1 is 1.12 bits per heavy atom. The van der Waals surface area contributed by atoms with Crippen LogP contribution in [0.2, 0.25) is 0 Å². The van der Waals surface area contributed by atoms with E-state index in [-0.39, 0.29) is 11.3 Å². The lowest BCUT2D eigenvalue weighted by atomic mass is 9.47. The van der Waals surface area contributed by atoms with Crippen LogP contribution in [0.3, 0.4) is 0 Å². The molecule has 24 heavy (non-hydrogen) atoms. The normalized spacial score (nSPS) is 53.6. The maximum atomic E-state index is 12.2. The molecule has 0 amide bonds. The third kappa shape index (κ3) is 2.21. The first-order chi connectivity index (χ1) is 11.2. The van der Waals surface area contributed by atoms with Gasteiger partial charge in [0.25, 0.3) is 0 Å². The van der Waals surface area contributed by atoms with Crippen LogP contribution in [0.1, 0.15) is 79.1 Å². The number of hydrogen-bond donors (Lipinski definition) is 1. The Morgan fingerprint density at radius 3 is 2.58 bits per heavy atom. The highest BCUT2D eigenvalue weighted by atomic mass is 16.3. The van der Waals surface area contributed by atoms with Crippen LogP contribution in [-0.2, 0) is 4.79 Å². The van der Waals surface area contributed by atoms with Crippen molar-refractivity contribution in [3.63, 3.8) is 0 Å². The van der Waals surface area contributed by atoms with Gasteiger partial charge in [-0.25, -0.2) is 0 Å². The summed E-state index contributed by atoms with van der Waals surface area (Å²) in [7, 11) is 0. The van der Waals surface area contributed by atoms with Crippen LogP contribution >= 0.6 is 0 Å². The molecule has 7 atom stereocenters. The molecule has 0 heterocycles. The van der Waals surface area contributed by atoms with Crippen molar-refractivity contribution in [2.24, 2.45) is 34.5 Å². The number of fused-ring (bicyclic) bond motifs is 5. The number of allylic oxidation sites excluding steroid dienone is 2. The first-order valence-electron chi connectivity index (χ1n) is 10.1. The summed E-state index contributed by atoms with van der Waals surface area (Å²) in [6, 6.07) is 0. The molecule has 0 unspecified atom stereocenters. The van der Waals surface area contributed by atoms with E-state index in [1.807, 2.05) is 6.92 Å². The molecule has 0 spiro atoms. The molecule has 0 aromatic carbocycles. The molecular formula is C22H34O2. The van der Waals surface area contributed by atoms with Crippen molar-refractivity contribution in [3.05, 3.63) is 11.6 Å². The van der Waals surface area contributed by atoms with Crippen LogP contribution < -0.4 is 0 Å². The van der Waals surface area contributed by atoms with Crippen LogP contribution in [0.25, 0.3) is 0 Å². The zero-order chi connectivity index (χ0) is 17.3. The summed E-state index contributed by atoms with van der Waals surface area (Å²) in [5.41, 5.74) is 1.73. The summed E-state index contributed by atoms with van der Waals surface area (Å²) in [6.07, 6.45) is 11.5. The van der Waals surface area contributed by atoms with E-state index in [4.69, 9.17) is 0 Å². The van der Waals surface area contributed by atoms with E-state index >= 15 is 0 Å². The lowest BCUT2D eigenvalue weighted by Crippen LogP contribution is -2.51. The summed E-state index contributed by atoms with van der Waals surface area (Å²) in [4.78, 5) is 12.2. The molecule has 2 heteroatoms. The molecule has 0 aliphatic heterocycles. The molecular weight excluding hydrogens is 296 g/mol. The minimum atomic E-state index is -0.464. The number of carbonyl (C=O) groups is 1. The standard InChI is InChI=1S/C22H34O2/c1-14(23)17-7-8-18-16-6-5-15-13-20(2,24)11-12-21(15,3)19(16)9-10-22(17,18)4/h9,15-18,24H,5-8,10-13H2,1-4H3/t15-,16-,17+,18-,20-,21-,22+/m0/s1. The Balaban J connectivity index is 1.68. The Labute approximate surface area is 147 Å². The quantitative estimate of drug-likeness (QED) is 0.694. The molecule has 0 aromatic heterocycles. The largest absolute Gasteiger partial charge is 0.390 e. The van der Waals surface area contributed by atoms with E-state index in [1.165, 1.54) is 19.3 Å². The van der Waals surface area contributed by atoms with Crippen molar-refractivity contribution in [1.29, 1.82) is 0 Å². The van der Waals surface area contributed by atoms with E-state index in [9.17, 15) is 9.90 Å². The van der Waals surface area contributed by atoms with Gasteiger partial charge in [0.2, 0.25) is 0 Å². The van der Waals surface area contributed by atoms with E-state index in [2.05, 4.69) is 19.9 Å². The second-order valence-electron chi connectivity index (χ2n) is 10.2. The van der Waals surface area contributed by atoms with Gasteiger partial charge in [-0.3, -0.25) is 4.79 Å². The zero-order valence-electron chi connectivity index (χ0n) is 15.9. The molecule has 0 aromatic rings. The highest BCUT2D eigenvalue weighted by Gasteiger charge is 2.58. The summed E-state index contributed by atoms with van der Waals surface area (Å²) < 4.78 is 0. The highest BCUT2D eigenvalue weighted by molar-refractivity contribution is 5.79. The van der Waals surface area contributed by atoms with E-state index in [0.717, 1.165) is 32.1 Å². The van der Waals surface area contributed by atoms with Gasteiger partial charge >= 0.3 is 0 Å². The lowest BCUT2D eigenvalue weighted by Gasteiger charge is -2.58. The van der Waals surface area contributed by atoms with Crippen molar-refractivity contribution < 1.29 is 9.90 Å². The number of aliphatic hydroxyl groups is 1. The molecule has 134 valence electrons. The van der Waals surface area contributed by atoms with Gasteiger partial charge in [0, 0.05) is 5.92 Å². The van der Waals surface area contributed by atoms with Crippen molar-refractivity contribution >= 4 is 5.78 Å². The second kappa shape index (κ2) is 5.19. The monoisotopic (exact) mass is 330 g/mol. The number of hydrogen-bond acceptors (Lipinski definition) is 2. The topological polar surface area (TPSA) is 37.3 Å². The van der Waals surface area contributed by atoms with Gasteiger partial charge in [0.1, 0.15) is 5.78 Å². The average Bonchev–Trinajstić information content (AvgIpc) is 2.85. The van der Waals surface area contributed by atoms with Crippen molar-refractivity contribution in [2.45, 2.75) is 84.7 Å². The Morgan fingerprint density at radius 2 is 1.88 bits per heavy atom. The van der Waals surface area contributed by atoms with Crippen LogP contribution in [0.5, 0.6) is 0 Å². The van der Waals surface area contributed by atoms with Crippen molar-refractivity contribution in [1.82, 2.24) is 0 Å². The number of carbonyl (C=O) groups excluding carboxylic acids is 1. The number of Topliss-reactive ketones (excluding diaryl/α,β-unsaturated/α-hetero) is 1. The zero-order valence-corrected chi connectivity index (χ0v) is 15.9. The summed E-state index contributed by atoms with van der Waals surface area (Å²) in [5, 5.41) is 10.6. The minimum Gasteiger partial charge on any atom is -0.390 e. The number of ketones is 1. The fraction of sp³-hybridized carbons (Fsp3) is 0.864. The molecule has 4 rings (SSSR count). The third-order valence-electron chi connectivity index (χ3n) is 8.80. The number of rotatable bonds is 1. The fourth-order valence-corrected chi connectivity index (χ4v) is 7.37. The van der Waals surface area contributed by atoms with Crippen LogP contribution in [0, 0.1) is 34.5 Å². The maximum absolute atomic E-state index is 12.2. The average molecular weight is 331 g/mol. The van der Waals surface area contributed by atoms with Crippen molar-refractivity contribution in [2.75, 3.05) is 0 Å². The van der Waals surface area contributed by atoms with Gasteiger partial charge < -0.3 is 5.11 Å². The lowest BCUT2D eigenvalue weighted by molar-refractivity contribution is -0.125. The molecule has 0 bridgehead atoms. The Hall–Kier alpha value is -0.630. The predicted molar refractivity (Wildman–Crippen MR) is 96.5 cm³/mol. The molecule has 2 nitrogen and oxygen atoms in total. The Bertz CT molecular complexity index is 589. The molecule has 0 saturated heterocycles. The predicted octanol–water partition coefficient (Wildman–Crippen LogP) is 4.91. The molecule has 1 N–H and O–H groups in total. The first kappa shape index (κ1) is 16.8. The van der Waals surface area contributed by atoms with E-state index < -0.39 is 5.60 Å². The van der Waals surface area contributed by atoms with Gasteiger partial charge in [-0.1, -0.05) is 25.5 Å². The third-order valence-corrected chi connectivity index (χ3v) is 8.80. The maximum Gasteiger partial charge on any atom is 0.133 e. The van der Waals surface area contributed by atoms with Crippen LogP contribution in [0.4, 0.5) is 0 Å². The summed E-state index contributed by atoms with van der Waals surface area (Å²) in [6.45, 7) is 8.70. The first-order valence-corrected chi connectivity index (χ1v) is 10.1. The summed E-state index contributed by atoms with van der Waals surface area (Å²) >= 11 is 0. The molecule has 3 fully saturated rings. The van der Waals surface area contributed by atoms with Gasteiger partial charge in [0.15, 0.2) is 0 Å². The van der Waals surface area contributed by atoms with Gasteiger partial charge in [0.05, 0.1) is 5.60 Å². The SMILES string of the molecule is CC(=O)[C@H]1CC[C@H]2[C@@H]3CC[C@H]4C[C@@](C)(O)CC[C@]4(C)C3=CC[C@]12C. The van der Waals surface area contributed by atoms with Crippen LogP contribution in [-0.4, -0.2) is 16.5 Å². The molecule has 4 aliphatic rings. The minimum absolute atomic E-state index is 0.198. The van der Waals surface area contributed by atoms with Crippen LogP contribution in [0.15, 0.2) is 11.6 Å². The summed E-state index contributed by atoms with van der Waals surface area (Å²) in [5.74, 6) is 2.71. The molecule has 0 radical (unpaired) electrons. The van der Waals surface area contributed by atoms with Crippen molar-refractivity contribution in [3.8, 4) is 0 Å². The highest BCUT2D eigenvalue weighted by Crippen LogP contribution is 2.66. The van der Waals surface area contributed by atoms with Gasteiger partial charge in [-0.15, -0.1) is 0 Å².